The van der Waals surface area contributed by atoms with E-state index in [-0.39, 0.29) is 10.5 Å². The summed E-state index contributed by atoms with van der Waals surface area (Å²) in [6, 6.07) is 9.26. The van der Waals surface area contributed by atoms with Gasteiger partial charge in [0, 0.05) is 37.8 Å². The molecule has 1 unspecified atom stereocenters. The molecule has 0 amide bonds. The summed E-state index contributed by atoms with van der Waals surface area (Å²) in [5, 5.41) is 14.0. The van der Waals surface area contributed by atoms with Gasteiger partial charge in [0.15, 0.2) is 0 Å². The van der Waals surface area contributed by atoms with Gasteiger partial charge in [0.05, 0.1) is 31.6 Å². The predicted octanol–water partition coefficient (Wildman–Crippen LogP) is 2.73. The summed E-state index contributed by atoms with van der Waals surface area (Å²) < 4.78 is 43.3. The number of hydrogen-bond donors (Lipinski definition) is 3. The summed E-state index contributed by atoms with van der Waals surface area (Å²) in [7, 11) is -5.53. The van der Waals surface area contributed by atoms with Crippen LogP contribution >= 0.6 is 11.6 Å². The van der Waals surface area contributed by atoms with E-state index in [9.17, 15) is 17.9 Å². The molecule has 0 bridgehead atoms. The second kappa shape index (κ2) is 8.61. The molecule has 0 aliphatic carbocycles. The molecule has 1 aliphatic heterocycles. The Morgan fingerprint density at radius 1 is 1.23 bits per heavy atom. The third kappa shape index (κ3) is 4.20. The molecule has 11 heteroatoms. The summed E-state index contributed by atoms with van der Waals surface area (Å²) in [5.41, 5.74) is 1.88. The largest absolute Gasteiger partial charge is 0.359 e. The lowest BCUT2D eigenvalue weighted by Gasteiger charge is -2.26. The van der Waals surface area contributed by atoms with Gasteiger partial charge in [-0.15, -0.1) is 0 Å². The fourth-order valence-electron chi connectivity index (χ4n) is 3.52. The van der Waals surface area contributed by atoms with Crippen LogP contribution in [0.3, 0.4) is 0 Å². The molecule has 4 rings (SSSR count). The van der Waals surface area contributed by atoms with Crippen LogP contribution in [0.4, 0.5) is 5.69 Å². The van der Waals surface area contributed by atoms with Gasteiger partial charge >= 0.3 is 0 Å². The molecular formula is C20H20ClN5O3S2. The van der Waals surface area contributed by atoms with E-state index in [2.05, 4.69) is 15.0 Å². The molecule has 1 atom stereocenters. The highest BCUT2D eigenvalue weighted by atomic mass is 35.5. The fourth-order valence-corrected chi connectivity index (χ4v) is 6.19. The average molecular weight is 478 g/mol. The minimum atomic E-state index is -4.00. The predicted molar refractivity (Wildman–Crippen MR) is 121 cm³/mol. The first-order valence-electron chi connectivity index (χ1n) is 9.52. The molecule has 0 spiro atoms. The van der Waals surface area contributed by atoms with E-state index >= 15 is 0 Å². The Labute approximate surface area is 187 Å². The van der Waals surface area contributed by atoms with E-state index in [1.807, 2.05) is 13.0 Å². The number of hydrogen-bond acceptors (Lipinski definition) is 5. The Hall–Kier alpha value is -2.42. The molecule has 1 fully saturated rings. The van der Waals surface area contributed by atoms with Crippen molar-refractivity contribution >= 4 is 49.2 Å². The van der Waals surface area contributed by atoms with Gasteiger partial charge in [-0.2, -0.15) is 5.26 Å². The molecule has 2 aromatic carbocycles. The van der Waals surface area contributed by atoms with E-state index in [0.29, 0.717) is 47.3 Å². The number of halogens is 1. The van der Waals surface area contributed by atoms with Crippen molar-refractivity contribution in [3.8, 4) is 6.07 Å². The van der Waals surface area contributed by atoms with Gasteiger partial charge in [0.2, 0.25) is 0 Å². The highest BCUT2D eigenvalue weighted by molar-refractivity contribution is 7.92. The lowest BCUT2D eigenvalue weighted by atomic mass is 10.2. The van der Waals surface area contributed by atoms with Crippen molar-refractivity contribution in [2.75, 3.05) is 30.9 Å². The lowest BCUT2D eigenvalue weighted by molar-refractivity contribution is 0.380. The number of nitriles is 1. The van der Waals surface area contributed by atoms with Gasteiger partial charge < -0.3 is 10.3 Å². The minimum absolute atomic E-state index is 0.0664. The number of H-pyrrole nitrogens is 1. The van der Waals surface area contributed by atoms with Crippen LogP contribution in [0.2, 0.25) is 5.02 Å². The number of aryl methyl sites for hydroxylation is 1. The van der Waals surface area contributed by atoms with Gasteiger partial charge in [0.1, 0.15) is 17.1 Å². The average Bonchev–Trinajstić information content (AvgIpc) is 3.18. The Kier molecular flexibility index (Phi) is 6.05. The van der Waals surface area contributed by atoms with E-state index in [1.165, 1.54) is 18.2 Å². The number of sulfonamides is 1. The summed E-state index contributed by atoms with van der Waals surface area (Å²) >= 11 is 6.24. The zero-order valence-electron chi connectivity index (χ0n) is 16.6. The molecular weight excluding hydrogens is 458 g/mol. The molecule has 162 valence electrons. The molecule has 0 radical (unpaired) electrons. The maximum atomic E-state index is 13.0. The van der Waals surface area contributed by atoms with Gasteiger partial charge in [-0.25, -0.2) is 16.9 Å². The Morgan fingerprint density at radius 2 is 1.97 bits per heavy atom. The van der Waals surface area contributed by atoms with Crippen molar-refractivity contribution in [1.29, 1.82) is 5.26 Å². The second-order valence-corrected chi connectivity index (χ2v) is 10.7. The van der Waals surface area contributed by atoms with Crippen molar-refractivity contribution < 1.29 is 12.6 Å². The van der Waals surface area contributed by atoms with Crippen molar-refractivity contribution in [2.24, 2.45) is 0 Å². The number of aromatic nitrogens is 1. The zero-order valence-corrected chi connectivity index (χ0v) is 19.0. The van der Waals surface area contributed by atoms with Crippen LogP contribution in [0.25, 0.3) is 10.9 Å². The summed E-state index contributed by atoms with van der Waals surface area (Å²) in [6.45, 7) is 4.46. The topological polar surface area (TPSA) is 118 Å². The molecule has 3 aromatic rings. The first-order valence-corrected chi connectivity index (χ1v) is 12.5. The first-order chi connectivity index (χ1) is 14.8. The standard InChI is InChI=1S/C20H20ClN5O3S2/c1-13-12-24-20-17(4-3-16(21)19(13)20)25-31(28,29)15-2-5-18(14(10-15)11-22)30(27)26-8-6-23-7-9-26/h2-5,10,12,23-25H,6-9H2,1H3. The molecule has 1 saturated heterocycles. The van der Waals surface area contributed by atoms with Crippen molar-refractivity contribution in [3.63, 3.8) is 0 Å². The number of fused-ring (bicyclic) bond motifs is 1. The summed E-state index contributed by atoms with van der Waals surface area (Å²) in [6.07, 6.45) is 1.75. The van der Waals surface area contributed by atoms with Crippen molar-refractivity contribution in [1.82, 2.24) is 14.6 Å². The van der Waals surface area contributed by atoms with Crippen LogP contribution in [-0.2, 0) is 21.0 Å². The smallest absolute Gasteiger partial charge is 0.262 e. The first kappa shape index (κ1) is 21.8. The van der Waals surface area contributed by atoms with Gasteiger partial charge in [-0.05, 0) is 42.8 Å². The van der Waals surface area contributed by atoms with Crippen LogP contribution in [0.5, 0.6) is 0 Å². The van der Waals surface area contributed by atoms with Crippen molar-refractivity contribution in [3.05, 3.63) is 52.7 Å². The monoisotopic (exact) mass is 477 g/mol. The third-order valence-corrected chi connectivity index (χ3v) is 8.35. The Balaban J connectivity index is 1.67. The molecule has 8 nitrogen and oxygen atoms in total. The number of nitrogens with zero attached hydrogens (tertiary/aromatic N) is 2. The summed E-state index contributed by atoms with van der Waals surface area (Å²) in [4.78, 5) is 3.26. The van der Waals surface area contributed by atoms with E-state index in [4.69, 9.17) is 11.6 Å². The highest BCUT2D eigenvalue weighted by Crippen LogP contribution is 2.33. The lowest BCUT2D eigenvalue weighted by Crippen LogP contribution is -2.44. The quantitative estimate of drug-likeness (QED) is 0.522. The van der Waals surface area contributed by atoms with Gasteiger partial charge in [-0.3, -0.25) is 4.72 Å². The van der Waals surface area contributed by atoms with Crippen LogP contribution in [0.1, 0.15) is 11.1 Å². The third-order valence-electron chi connectivity index (χ3n) is 5.11. The maximum absolute atomic E-state index is 13.0. The van der Waals surface area contributed by atoms with Crippen molar-refractivity contribution in [2.45, 2.75) is 16.7 Å². The van der Waals surface area contributed by atoms with E-state index < -0.39 is 21.0 Å². The number of benzene rings is 2. The van der Waals surface area contributed by atoms with Crippen LogP contribution in [0, 0.1) is 18.3 Å². The molecule has 31 heavy (non-hydrogen) atoms. The van der Waals surface area contributed by atoms with Gasteiger partial charge in [0.25, 0.3) is 10.0 Å². The van der Waals surface area contributed by atoms with Crippen LogP contribution in [0.15, 0.2) is 46.3 Å². The Bertz CT molecular complexity index is 1320. The fraction of sp³-hybridized carbons (Fsp3) is 0.250. The number of nitrogens with one attached hydrogen (secondary N) is 3. The number of piperazine rings is 1. The highest BCUT2D eigenvalue weighted by Gasteiger charge is 2.23. The second-order valence-electron chi connectivity index (χ2n) is 7.12. The molecule has 3 N–H and O–H groups in total. The number of aromatic amines is 1. The van der Waals surface area contributed by atoms with E-state index in [0.717, 1.165) is 10.9 Å². The Morgan fingerprint density at radius 3 is 2.68 bits per heavy atom. The SMILES string of the molecule is Cc1c[nH]c2c(NS(=O)(=O)c3ccc(S(=O)N4CCNCC4)c(C#N)c3)ccc(Cl)c12. The van der Waals surface area contributed by atoms with Gasteiger partial charge in [-0.1, -0.05) is 11.6 Å². The normalized spacial score (nSPS) is 16.2. The minimum Gasteiger partial charge on any atom is -0.359 e. The summed E-state index contributed by atoms with van der Waals surface area (Å²) in [5.74, 6) is 0. The number of rotatable bonds is 5. The molecule has 2 heterocycles. The molecule has 1 aliphatic rings. The molecule has 0 saturated carbocycles. The van der Waals surface area contributed by atoms with Crippen LogP contribution in [-0.4, -0.2) is 48.1 Å². The number of anilines is 1. The maximum Gasteiger partial charge on any atom is 0.262 e. The van der Waals surface area contributed by atoms with E-state index in [1.54, 1.807) is 22.6 Å². The zero-order chi connectivity index (χ0) is 22.2. The molecule has 1 aromatic heterocycles. The van der Waals surface area contributed by atoms with Crippen LogP contribution < -0.4 is 10.0 Å².